The van der Waals surface area contributed by atoms with Gasteiger partial charge in [0.15, 0.2) is 5.75 Å². The second kappa shape index (κ2) is 5.94. The Morgan fingerprint density at radius 3 is 2.50 bits per heavy atom. The monoisotopic (exact) mass is 344 g/mol. The molecule has 8 heteroatoms. The van der Waals surface area contributed by atoms with Gasteiger partial charge in [0.25, 0.3) is 0 Å². The number of halogens is 5. The zero-order chi connectivity index (χ0) is 17.5. The van der Waals surface area contributed by atoms with E-state index >= 15 is 0 Å². The Morgan fingerprint density at radius 1 is 1.08 bits per heavy atom. The standard InChI is InChI=1S/C16H13F5N2O/c17-8-1-2-11(13(4-8)16(19,20)21)12-3-9(18)5-14-15(12)24-10(6-22)7-23-14/h1-5,10,23H,6-7,22H2/t10-/m1/s1. The summed E-state index contributed by atoms with van der Waals surface area (Å²) in [6, 6.07) is 4.29. The minimum Gasteiger partial charge on any atom is -0.484 e. The maximum Gasteiger partial charge on any atom is 0.417 e. The van der Waals surface area contributed by atoms with Crippen LogP contribution in [0.15, 0.2) is 30.3 Å². The molecule has 1 aliphatic heterocycles. The first kappa shape index (κ1) is 16.5. The summed E-state index contributed by atoms with van der Waals surface area (Å²) in [5.74, 6) is -1.70. The molecule has 3 rings (SSSR count). The fourth-order valence-corrected chi connectivity index (χ4v) is 2.60. The lowest BCUT2D eigenvalue weighted by atomic mass is 9.96. The van der Waals surface area contributed by atoms with Crippen molar-refractivity contribution < 1.29 is 26.7 Å². The Labute approximate surface area is 134 Å². The summed E-state index contributed by atoms with van der Waals surface area (Å²) in [4.78, 5) is 0. The summed E-state index contributed by atoms with van der Waals surface area (Å²) in [5.41, 5.74) is 4.09. The molecule has 0 saturated heterocycles. The second-order valence-corrected chi connectivity index (χ2v) is 5.37. The lowest BCUT2D eigenvalue weighted by Gasteiger charge is -2.29. The van der Waals surface area contributed by atoms with E-state index in [9.17, 15) is 22.0 Å². The number of fused-ring (bicyclic) bond motifs is 1. The fourth-order valence-electron chi connectivity index (χ4n) is 2.60. The van der Waals surface area contributed by atoms with E-state index in [2.05, 4.69) is 5.32 Å². The van der Waals surface area contributed by atoms with Gasteiger partial charge < -0.3 is 15.8 Å². The van der Waals surface area contributed by atoms with Crippen LogP contribution in [0.2, 0.25) is 0 Å². The fraction of sp³-hybridized carbons (Fsp3) is 0.250. The van der Waals surface area contributed by atoms with Crippen LogP contribution in [0.5, 0.6) is 5.75 Å². The summed E-state index contributed by atoms with van der Waals surface area (Å²) < 4.78 is 72.5. The van der Waals surface area contributed by atoms with Crippen molar-refractivity contribution in [3.05, 3.63) is 47.5 Å². The topological polar surface area (TPSA) is 47.3 Å². The minimum absolute atomic E-state index is 0.0650. The van der Waals surface area contributed by atoms with Crippen LogP contribution < -0.4 is 15.8 Å². The molecule has 3 nitrogen and oxygen atoms in total. The van der Waals surface area contributed by atoms with E-state index in [4.69, 9.17) is 10.5 Å². The van der Waals surface area contributed by atoms with Crippen LogP contribution in [-0.4, -0.2) is 19.2 Å². The van der Waals surface area contributed by atoms with Crippen LogP contribution >= 0.6 is 0 Å². The molecule has 2 aromatic rings. The van der Waals surface area contributed by atoms with Gasteiger partial charge >= 0.3 is 6.18 Å². The van der Waals surface area contributed by atoms with Crippen molar-refractivity contribution in [1.29, 1.82) is 0 Å². The molecule has 0 radical (unpaired) electrons. The SMILES string of the molecule is NC[C@@H]1CNc2cc(F)cc(-c3ccc(F)cc3C(F)(F)F)c2O1. The maximum atomic E-state index is 13.9. The van der Waals surface area contributed by atoms with Gasteiger partial charge in [0.1, 0.15) is 17.7 Å². The molecule has 0 aromatic heterocycles. The van der Waals surface area contributed by atoms with Crippen molar-refractivity contribution in [2.45, 2.75) is 12.3 Å². The first-order chi connectivity index (χ1) is 11.3. The highest BCUT2D eigenvalue weighted by Gasteiger charge is 2.35. The molecule has 0 spiro atoms. The number of anilines is 1. The van der Waals surface area contributed by atoms with Gasteiger partial charge in [-0.2, -0.15) is 13.2 Å². The van der Waals surface area contributed by atoms with Gasteiger partial charge in [-0.05, 0) is 23.8 Å². The van der Waals surface area contributed by atoms with Crippen LogP contribution in [0.1, 0.15) is 5.56 Å². The van der Waals surface area contributed by atoms with Crippen LogP contribution in [0, 0.1) is 11.6 Å². The van der Waals surface area contributed by atoms with Crippen molar-refractivity contribution in [1.82, 2.24) is 0 Å². The predicted molar refractivity (Wildman–Crippen MR) is 78.8 cm³/mol. The highest BCUT2D eigenvalue weighted by molar-refractivity contribution is 5.81. The van der Waals surface area contributed by atoms with Gasteiger partial charge in [0, 0.05) is 18.2 Å². The summed E-state index contributed by atoms with van der Waals surface area (Å²) in [7, 11) is 0. The zero-order valence-electron chi connectivity index (χ0n) is 12.3. The lowest BCUT2D eigenvalue weighted by Crippen LogP contribution is -2.37. The Bertz CT molecular complexity index is 776. The van der Waals surface area contributed by atoms with Crippen molar-refractivity contribution in [2.24, 2.45) is 5.73 Å². The summed E-state index contributed by atoms with van der Waals surface area (Å²) >= 11 is 0. The predicted octanol–water partition coefficient (Wildman–Crippen LogP) is 3.78. The summed E-state index contributed by atoms with van der Waals surface area (Å²) in [6.45, 7) is 0.445. The quantitative estimate of drug-likeness (QED) is 0.815. The molecule has 1 aliphatic rings. The van der Waals surface area contributed by atoms with Gasteiger partial charge in [-0.3, -0.25) is 0 Å². The molecule has 1 atom stereocenters. The third kappa shape index (κ3) is 3.01. The minimum atomic E-state index is -4.80. The molecule has 0 amide bonds. The molecule has 1 heterocycles. The first-order valence-electron chi connectivity index (χ1n) is 7.11. The molecular formula is C16H13F5N2O. The number of hydrogen-bond acceptors (Lipinski definition) is 3. The van der Waals surface area contributed by atoms with Gasteiger partial charge in [0.05, 0.1) is 17.8 Å². The smallest absolute Gasteiger partial charge is 0.417 e. The average molecular weight is 344 g/mol. The Hall–Kier alpha value is -2.35. The molecule has 2 aromatic carbocycles. The number of ether oxygens (including phenoxy) is 1. The summed E-state index contributed by atoms with van der Waals surface area (Å²) in [6.07, 6.45) is -5.26. The van der Waals surface area contributed by atoms with Crippen LogP contribution in [0.3, 0.4) is 0 Å². The molecule has 128 valence electrons. The number of nitrogens with one attached hydrogen (secondary N) is 1. The molecule has 0 saturated carbocycles. The van der Waals surface area contributed by atoms with Crippen molar-refractivity contribution in [3.63, 3.8) is 0 Å². The van der Waals surface area contributed by atoms with E-state index in [0.29, 0.717) is 12.6 Å². The van der Waals surface area contributed by atoms with Crippen LogP contribution in [0.25, 0.3) is 11.1 Å². The third-order valence-electron chi connectivity index (χ3n) is 3.70. The molecular weight excluding hydrogens is 331 g/mol. The molecule has 0 aliphatic carbocycles. The zero-order valence-corrected chi connectivity index (χ0v) is 12.3. The van der Waals surface area contributed by atoms with Gasteiger partial charge in [0.2, 0.25) is 0 Å². The number of rotatable bonds is 2. The maximum absolute atomic E-state index is 13.9. The lowest BCUT2D eigenvalue weighted by molar-refractivity contribution is -0.137. The number of benzene rings is 2. The van der Waals surface area contributed by atoms with Gasteiger partial charge in [-0.1, -0.05) is 6.07 Å². The van der Waals surface area contributed by atoms with Crippen LogP contribution in [0.4, 0.5) is 27.6 Å². The highest BCUT2D eigenvalue weighted by atomic mass is 19.4. The number of hydrogen-bond donors (Lipinski definition) is 2. The Morgan fingerprint density at radius 2 is 1.83 bits per heavy atom. The first-order valence-corrected chi connectivity index (χ1v) is 7.11. The van der Waals surface area contributed by atoms with Gasteiger partial charge in [-0.25, -0.2) is 8.78 Å². The second-order valence-electron chi connectivity index (χ2n) is 5.37. The van der Waals surface area contributed by atoms with Crippen molar-refractivity contribution >= 4 is 5.69 Å². The molecule has 24 heavy (non-hydrogen) atoms. The van der Waals surface area contributed by atoms with E-state index in [1.807, 2.05) is 0 Å². The number of nitrogens with two attached hydrogens (primary N) is 1. The molecule has 3 N–H and O–H groups in total. The third-order valence-corrected chi connectivity index (χ3v) is 3.70. The van der Waals surface area contributed by atoms with E-state index < -0.39 is 29.5 Å². The Balaban J connectivity index is 2.23. The van der Waals surface area contributed by atoms with Crippen molar-refractivity contribution in [3.8, 4) is 16.9 Å². The number of alkyl halides is 3. The summed E-state index contributed by atoms with van der Waals surface area (Å²) in [5, 5.41) is 2.88. The Kier molecular flexibility index (Phi) is 4.08. The normalized spacial score (nSPS) is 17.0. The molecule has 0 fully saturated rings. The molecule has 0 bridgehead atoms. The van der Waals surface area contributed by atoms with Crippen LogP contribution in [-0.2, 0) is 6.18 Å². The van der Waals surface area contributed by atoms with Crippen molar-refractivity contribution in [2.75, 3.05) is 18.4 Å². The van der Waals surface area contributed by atoms with Gasteiger partial charge in [-0.15, -0.1) is 0 Å². The van der Waals surface area contributed by atoms with E-state index in [1.54, 1.807) is 0 Å². The largest absolute Gasteiger partial charge is 0.484 e. The van der Waals surface area contributed by atoms with E-state index in [1.165, 1.54) is 0 Å². The highest BCUT2D eigenvalue weighted by Crippen LogP contribution is 2.45. The average Bonchev–Trinajstić information content (AvgIpc) is 2.53. The van der Waals surface area contributed by atoms with E-state index in [0.717, 1.165) is 24.3 Å². The molecule has 0 unspecified atom stereocenters. The van der Waals surface area contributed by atoms with E-state index in [-0.39, 0.29) is 29.1 Å².